The highest BCUT2D eigenvalue weighted by molar-refractivity contribution is 5.50. The maximum atomic E-state index is 5.50. The van der Waals surface area contributed by atoms with Crippen LogP contribution in [0.25, 0.3) is 5.65 Å². The van der Waals surface area contributed by atoms with Crippen molar-refractivity contribution in [2.24, 2.45) is 5.73 Å². The van der Waals surface area contributed by atoms with Crippen molar-refractivity contribution in [2.45, 2.75) is 26.7 Å². The molecule has 2 aromatic heterocycles. The summed E-state index contributed by atoms with van der Waals surface area (Å²) in [4.78, 5) is 4.48. The van der Waals surface area contributed by atoms with Crippen molar-refractivity contribution in [3.8, 4) is 0 Å². The summed E-state index contributed by atoms with van der Waals surface area (Å²) in [6.45, 7) is 7.56. The Hall–Kier alpha value is -1.62. The second-order valence-corrected chi connectivity index (χ2v) is 4.49. The molecule has 0 aliphatic rings. The average molecular weight is 233 g/mol. The van der Waals surface area contributed by atoms with Crippen LogP contribution >= 0.6 is 0 Å². The zero-order chi connectivity index (χ0) is 12.4. The Labute approximate surface area is 101 Å². The molecule has 2 rings (SSSR count). The number of hydrogen-bond acceptors (Lipinski definition) is 4. The lowest BCUT2D eigenvalue weighted by molar-refractivity contribution is 0.785. The first-order valence-corrected chi connectivity index (χ1v) is 5.93. The smallest absolute Gasteiger partial charge is 0.157 e. The molecular weight excluding hydrogens is 214 g/mol. The molecule has 5 heteroatoms. The van der Waals surface area contributed by atoms with E-state index in [-0.39, 0.29) is 0 Å². The number of aryl methyl sites for hydroxylation is 1. The number of rotatable bonds is 4. The van der Waals surface area contributed by atoms with Crippen LogP contribution in [0.5, 0.6) is 0 Å². The van der Waals surface area contributed by atoms with E-state index < -0.39 is 0 Å². The maximum absolute atomic E-state index is 5.50. The average Bonchev–Trinajstić information content (AvgIpc) is 2.69. The Morgan fingerprint density at radius 3 is 2.82 bits per heavy atom. The van der Waals surface area contributed by atoms with Crippen LogP contribution in [0.3, 0.4) is 0 Å². The summed E-state index contributed by atoms with van der Waals surface area (Å²) in [5.74, 6) is 1.35. The number of aromatic nitrogens is 3. The molecule has 0 fully saturated rings. The van der Waals surface area contributed by atoms with Gasteiger partial charge < -0.3 is 11.1 Å². The second kappa shape index (κ2) is 4.71. The van der Waals surface area contributed by atoms with E-state index in [0.29, 0.717) is 12.5 Å². The third-order valence-electron chi connectivity index (χ3n) is 2.62. The van der Waals surface area contributed by atoms with E-state index in [0.717, 1.165) is 29.4 Å². The number of anilines is 1. The second-order valence-electron chi connectivity index (χ2n) is 4.49. The Kier molecular flexibility index (Phi) is 3.28. The molecule has 0 aromatic carbocycles. The standard InChI is InChI=1S/C12H19N5/c1-8(2)10-7-12-15-9(3)6-11(14-5-4-13)17(12)16-10/h6-8,14H,4-5,13H2,1-3H3. The first-order chi connectivity index (χ1) is 8.11. The monoisotopic (exact) mass is 233 g/mol. The van der Waals surface area contributed by atoms with E-state index in [1.807, 2.05) is 23.6 Å². The van der Waals surface area contributed by atoms with Crippen LogP contribution in [0.4, 0.5) is 5.82 Å². The fourth-order valence-electron chi connectivity index (χ4n) is 1.73. The Morgan fingerprint density at radius 1 is 1.41 bits per heavy atom. The number of nitrogens with two attached hydrogens (primary N) is 1. The highest BCUT2D eigenvalue weighted by Crippen LogP contribution is 2.18. The van der Waals surface area contributed by atoms with Gasteiger partial charge in [-0.05, 0) is 12.8 Å². The molecule has 0 amide bonds. The molecule has 0 unspecified atom stereocenters. The van der Waals surface area contributed by atoms with E-state index >= 15 is 0 Å². The van der Waals surface area contributed by atoms with Crippen LogP contribution in [0.2, 0.25) is 0 Å². The van der Waals surface area contributed by atoms with Crippen molar-refractivity contribution in [1.82, 2.24) is 14.6 Å². The van der Waals surface area contributed by atoms with Gasteiger partial charge in [0.2, 0.25) is 0 Å². The number of fused-ring (bicyclic) bond motifs is 1. The van der Waals surface area contributed by atoms with Crippen LogP contribution in [0.1, 0.15) is 31.2 Å². The van der Waals surface area contributed by atoms with Gasteiger partial charge in [-0.25, -0.2) is 4.98 Å². The summed E-state index contributed by atoms with van der Waals surface area (Å²) in [7, 11) is 0. The molecule has 0 saturated carbocycles. The van der Waals surface area contributed by atoms with Gasteiger partial charge in [0, 0.05) is 30.9 Å². The third kappa shape index (κ3) is 2.39. The molecule has 0 bridgehead atoms. The minimum atomic E-state index is 0.402. The van der Waals surface area contributed by atoms with Gasteiger partial charge in [-0.3, -0.25) is 0 Å². The van der Waals surface area contributed by atoms with Gasteiger partial charge in [0.1, 0.15) is 5.82 Å². The summed E-state index contributed by atoms with van der Waals surface area (Å²) >= 11 is 0. The number of nitrogens with one attached hydrogen (secondary N) is 1. The summed E-state index contributed by atoms with van der Waals surface area (Å²) in [6, 6.07) is 4.02. The summed E-state index contributed by atoms with van der Waals surface area (Å²) < 4.78 is 1.85. The van der Waals surface area contributed by atoms with Crippen molar-refractivity contribution in [1.29, 1.82) is 0 Å². The predicted molar refractivity (Wildman–Crippen MR) is 69.4 cm³/mol. The topological polar surface area (TPSA) is 68.2 Å². The van der Waals surface area contributed by atoms with Gasteiger partial charge in [-0.2, -0.15) is 9.61 Å². The lowest BCUT2D eigenvalue weighted by Crippen LogP contribution is -2.15. The third-order valence-corrected chi connectivity index (χ3v) is 2.62. The first kappa shape index (κ1) is 11.9. The highest BCUT2D eigenvalue weighted by atomic mass is 15.3. The molecule has 0 aliphatic carbocycles. The van der Waals surface area contributed by atoms with Crippen molar-refractivity contribution >= 4 is 11.5 Å². The van der Waals surface area contributed by atoms with Crippen molar-refractivity contribution in [3.05, 3.63) is 23.5 Å². The largest absolute Gasteiger partial charge is 0.369 e. The quantitative estimate of drug-likeness (QED) is 0.840. The summed E-state index contributed by atoms with van der Waals surface area (Å²) in [6.07, 6.45) is 0. The predicted octanol–water partition coefficient (Wildman–Crippen LogP) is 1.53. The van der Waals surface area contributed by atoms with E-state index in [2.05, 4.69) is 29.2 Å². The minimum absolute atomic E-state index is 0.402. The normalized spacial score (nSPS) is 11.4. The number of hydrogen-bond donors (Lipinski definition) is 2. The lowest BCUT2D eigenvalue weighted by atomic mass is 10.1. The van der Waals surface area contributed by atoms with E-state index in [9.17, 15) is 0 Å². The van der Waals surface area contributed by atoms with Crippen molar-refractivity contribution in [3.63, 3.8) is 0 Å². The van der Waals surface area contributed by atoms with E-state index in [1.165, 1.54) is 0 Å². The molecule has 0 atom stereocenters. The lowest BCUT2D eigenvalue weighted by Gasteiger charge is -2.07. The number of nitrogens with zero attached hydrogens (tertiary/aromatic N) is 3. The molecule has 0 saturated heterocycles. The fraction of sp³-hybridized carbons (Fsp3) is 0.500. The van der Waals surface area contributed by atoms with Gasteiger partial charge >= 0.3 is 0 Å². The van der Waals surface area contributed by atoms with E-state index in [4.69, 9.17) is 5.73 Å². The van der Waals surface area contributed by atoms with Crippen molar-refractivity contribution < 1.29 is 0 Å². The zero-order valence-corrected chi connectivity index (χ0v) is 10.6. The van der Waals surface area contributed by atoms with Gasteiger partial charge in [-0.15, -0.1) is 0 Å². The Balaban J connectivity index is 2.49. The zero-order valence-electron chi connectivity index (χ0n) is 10.6. The van der Waals surface area contributed by atoms with Crippen molar-refractivity contribution in [2.75, 3.05) is 18.4 Å². The molecule has 17 heavy (non-hydrogen) atoms. The Morgan fingerprint density at radius 2 is 2.18 bits per heavy atom. The molecule has 3 N–H and O–H groups in total. The highest BCUT2D eigenvalue weighted by Gasteiger charge is 2.09. The fourth-order valence-corrected chi connectivity index (χ4v) is 1.73. The van der Waals surface area contributed by atoms with Gasteiger partial charge in [-0.1, -0.05) is 13.8 Å². The van der Waals surface area contributed by atoms with Crippen LogP contribution in [0.15, 0.2) is 12.1 Å². The molecule has 92 valence electrons. The van der Waals surface area contributed by atoms with Gasteiger partial charge in [0.25, 0.3) is 0 Å². The molecule has 0 spiro atoms. The van der Waals surface area contributed by atoms with Crippen LogP contribution in [-0.2, 0) is 0 Å². The van der Waals surface area contributed by atoms with Crippen LogP contribution in [0, 0.1) is 6.92 Å². The summed E-state index contributed by atoms with van der Waals surface area (Å²) in [5, 5.41) is 7.82. The van der Waals surface area contributed by atoms with E-state index in [1.54, 1.807) is 0 Å². The van der Waals surface area contributed by atoms with Crippen LogP contribution < -0.4 is 11.1 Å². The first-order valence-electron chi connectivity index (χ1n) is 5.93. The SMILES string of the molecule is Cc1cc(NCCN)n2nc(C(C)C)cc2n1. The summed E-state index contributed by atoms with van der Waals surface area (Å²) in [5.41, 5.74) is 8.42. The molecule has 0 radical (unpaired) electrons. The van der Waals surface area contributed by atoms with Gasteiger partial charge in [0.05, 0.1) is 5.69 Å². The molecule has 2 aromatic rings. The molecular formula is C12H19N5. The Bertz CT molecular complexity index is 515. The molecule has 2 heterocycles. The molecule has 0 aliphatic heterocycles. The maximum Gasteiger partial charge on any atom is 0.157 e. The minimum Gasteiger partial charge on any atom is -0.369 e. The van der Waals surface area contributed by atoms with Crippen LogP contribution in [-0.4, -0.2) is 27.7 Å². The molecule has 5 nitrogen and oxygen atoms in total. The van der Waals surface area contributed by atoms with Gasteiger partial charge in [0.15, 0.2) is 5.65 Å².